The molecule has 0 fully saturated rings. The van der Waals surface area contributed by atoms with E-state index in [2.05, 4.69) is 0 Å². The zero-order chi connectivity index (χ0) is 77.2. The van der Waals surface area contributed by atoms with E-state index in [0.717, 1.165) is 166 Å². The van der Waals surface area contributed by atoms with E-state index in [-0.39, 0.29) is 34.5 Å². The van der Waals surface area contributed by atoms with E-state index < -0.39 is 206 Å². The van der Waals surface area contributed by atoms with Crippen LogP contribution in [0.4, 0.5) is 62.9 Å². The highest BCUT2D eigenvalue weighted by molar-refractivity contribution is 5.80. The Morgan fingerprint density at radius 1 is 0.257 bits per heavy atom. The molecule has 0 saturated carbocycles. The first kappa shape index (κ1) is 79.7. The predicted octanol–water partition coefficient (Wildman–Crippen LogP) is 10.8. The number of hydrogen-bond donors (Lipinski definition) is 0. The molecule has 0 unspecified atom stereocenters. The van der Waals surface area contributed by atoms with Gasteiger partial charge in [-0.2, -0.15) is 0 Å². The van der Waals surface area contributed by atoms with Gasteiger partial charge in [0, 0.05) is 72.8 Å². The van der Waals surface area contributed by atoms with Crippen molar-refractivity contribution in [3.63, 3.8) is 0 Å². The van der Waals surface area contributed by atoms with Crippen molar-refractivity contribution in [2.75, 3.05) is 59.5 Å². The molecule has 6 aromatic carbocycles. The minimum absolute atomic E-state index is 0.313. The molecular weight excluding hydrogens is 1420 g/mol. The first-order chi connectivity index (χ1) is 49.6. The first-order valence-corrected chi connectivity index (χ1v) is 29.7. The van der Waals surface area contributed by atoms with Gasteiger partial charge in [0.2, 0.25) is 0 Å². The van der Waals surface area contributed by atoms with Gasteiger partial charge >= 0.3 is 54.8 Å². The average Bonchev–Trinajstić information content (AvgIpc) is 0.823. The topological polar surface area (TPSA) is 551 Å². The summed E-state index contributed by atoms with van der Waals surface area (Å²) in [5.74, 6) is -6.30. The van der Waals surface area contributed by atoms with E-state index in [1.54, 1.807) is 0 Å². The zero-order valence-electron chi connectivity index (χ0n) is 54.8. The van der Waals surface area contributed by atoms with E-state index in [9.17, 15) is 104 Å². The normalized spacial score (nSPS) is 11.1. The lowest BCUT2D eigenvalue weighted by atomic mass is 9.86. The number of benzene rings is 6. The largest absolute Gasteiger partial charge is 0.513 e. The van der Waals surface area contributed by atoms with Crippen LogP contribution in [0.2, 0.25) is 0 Å². The Balaban J connectivity index is 1.34. The van der Waals surface area contributed by atoms with Crippen LogP contribution >= 0.6 is 0 Å². The van der Waals surface area contributed by atoms with Crippen molar-refractivity contribution in [2.45, 2.75) is 34.1 Å². The molecule has 0 amide bonds. The monoisotopic (exact) mass is 1470 g/mol. The number of nitrogens with zero attached hydrogens (tertiary/aromatic N) is 6. The maximum atomic E-state index is 14.7. The minimum Gasteiger partial charge on any atom is -0.464 e. The lowest BCUT2D eigenvalue weighted by Crippen LogP contribution is -2.47. The fourth-order valence-electron chi connectivity index (χ4n) is 7.97. The summed E-state index contributed by atoms with van der Waals surface area (Å²) in [6.07, 6.45) is -9.83. The number of hydrogen-bond acceptors (Lipinski definition) is 36. The summed E-state index contributed by atoms with van der Waals surface area (Å²) in [5, 5.41) is 67.5. The molecule has 0 heterocycles. The summed E-state index contributed by atoms with van der Waals surface area (Å²) >= 11 is 0. The molecule has 0 aliphatic carbocycles. The van der Waals surface area contributed by atoms with Gasteiger partial charge in [-0.15, -0.1) is 0 Å². The summed E-state index contributed by atoms with van der Waals surface area (Å²) in [5.41, 5.74) is -11.8. The average molecular weight is 1470 g/mol. The molecule has 0 aliphatic rings. The third-order valence-electron chi connectivity index (χ3n) is 14.3. The first-order valence-electron chi connectivity index (χ1n) is 29.7. The smallest absolute Gasteiger partial charge is 0.464 e. The van der Waals surface area contributed by atoms with Crippen molar-refractivity contribution < 1.29 is 144 Å². The third kappa shape index (κ3) is 24.3. The molecule has 0 N–H and O–H groups in total. The molecule has 6 rings (SSSR count). The maximum absolute atomic E-state index is 14.7. The number of esters is 3. The van der Waals surface area contributed by atoms with Gasteiger partial charge in [0.15, 0.2) is 0 Å². The van der Waals surface area contributed by atoms with Crippen LogP contribution in [-0.4, -0.2) is 144 Å². The van der Waals surface area contributed by atoms with Crippen molar-refractivity contribution in [3.05, 3.63) is 206 Å². The minimum atomic E-state index is -2.39. The van der Waals surface area contributed by atoms with E-state index in [1.807, 2.05) is 0 Å². The Hall–Kier alpha value is -14.3. The van der Waals surface area contributed by atoms with Gasteiger partial charge in [-0.1, -0.05) is 6.92 Å². The second-order valence-corrected chi connectivity index (χ2v) is 22.6. The molecule has 0 saturated heterocycles. The Kier molecular flexibility index (Phi) is 27.5. The number of ether oxygens (including phenoxy) is 15. The zero-order valence-corrected chi connectivity index (χ0v) is 54.8. The molecule has 0 spiro atoms. The van der Waals surface area contributed by atoms with Crippen LogP contribution in [0.25, 0.3) is 0 Å². The number of carbonyl (C=O) groups is 9. The van der Waals surface area contributed by atoms with Crippen molar-refractivity contribution in [3.8, 4) is 34.5 Å². The lowest BCUT2D eigenvalue weighted by Gasteiger charge is -2.35. The Morgan fingerprint density at radius 3 is 0.524 bits per heavy atom. The summed E-state index contributed by atoms with van der Waals surface area (Å²) in [6, 6.07) is 23.6. The van der Waals surface area contributed by atoms with Crippen molar-refractivity contribution in [1.82, 2.24) is 0 Å². The Labute approximate surface area is 587 Å². The van der Waals surface area contributed by atoms with E-state index in [1.165, 1.54) is 6.92 Å². The van der Waals surface area contributed by atoms with Gasteiger partial charge in [-0.25, -0.2) is 28.8 Å². The molecule has 42 heteroatoms. The molecule has 6 aromatic rings. The van der Waals surface area contributed by atoms with Crippen LogP contribution in [0.1, 0.15) is 34.1 Å². The van der Waals surface area contributed by atoms with Crippen LogP contribution < -0.4 is 28.4 Å². The lowest BCUT2D eigenvalue weighted by molar-refractivity contribution is -0.385. The van der Waals surface area contributed by atoms with E-state index in [0.29, 0.717) is 0 Å². The van der Waals surface area contributed by atoms with Crippen LogP contribution in [0.15, 0.2) is 146 Å². The van der Waals surface area contributed by atoms with Gasteiger partial charge in [0.05, 0.1) is 35.0 Å². The molecule has 554 valence electrons. The van der Waals surface area contributed by atoms with Crippen LogP contribution in [0, 0.1) is 82.3 Å². The number of rotatable bonds is 34. The summed E-state index contributed by atoms with van der Waals surface area (Å²) in [7, 11) is 0. The second kappa shape index (κ2) is 36.2. The third-order valence-corrected chi connectivity index (χ3v) is 14.3. The van der Waals surface area contributed by atoms with Crippen LogP contribution in [-0.2, 0) is 57.0 Å². The number of carbonyl (C=O) groups excluding carboxylic acids is 9. The molecular formula is C63H56N6O36. The Bertz CT molecular complexity index is 3560. The molecule has 0 aromatic heterocycles. The quantitative estimate of drug-likeness (QED) is 0.0119. The number of nitro groups is 6. The fraction of sp³-hybridized carbons (Fsp3) is 0.286. The van der Waals surface area contributed by atoms with Crippen LogP contribution in [0.5, 0.6) is 34.5 Å². The van der Waals surface area contributed by atoms with Crippen molar-refractivity contribution in [1.29, 1.82) is 0 Å². The highest BCUT2D eigenvalue weighted by Gasteiger charge is 2.47. The highest BCUT2D eigenvalue weighted by Crippen LogP contribution is 2.33. The van der Waals surface area contributed by atoms with Gasteiger partial charge in [-0.05, 0) is 100.0 Å². The van der Waals surface area contributed by atoms with Gasteiger partial charge in [0.25, 0.3) is 34.1 Å². The number of non-ortho nitro benzene ring substituents is 6. The number of nitro benzene ring substituents is 6. The summed E-state index contributed by atoms with van der Waals surface area (Å²) < 4.78 is 79.3. The molecule has 42 nitrogen and oxygen atoms in total. The van der Waals surface area contributed by atoms with Gasteiger partial charge < -0.3 is 71.1 Å². The SMILES string of the molecule is CCC(COC(=O)C(C)(COC(=O)Oc1ccc([N+](=O)[O-])cc1)COC(=O)Oc1ccc([N+](=O)[O-])cc1)(COC(=O)C(C)(COC(=O)Oc1ccc([N+](=O)[O-])cc1)COC(=O)Oc1ccc([N+](=O)[O-])cc1)COC(=O)C(C)(COC(=O)Oc1ccc([N+](=O)[O-])cc1)COC(=O)Oc1ccc([N+](=O)[O-])cc1. The molecule has 0 bridgehead atoms. The van der Waals surface area contributed by atoms with E-state index in [4.69, 9.17) is 71.1 Å². The fourth-order valence-corrected chi connectivity index (χ4v) is 7.97. The van der Waals surface area contributed by atoms with Gasteiger partial charge in [0.1, 0.15) is 110 Å². The maximum Gasteiger partial charge on any atom is 0.513 e. The molecule has 0 aliphatic heterocycles. The van der Waals surface area contributed by atoms with Crippen molar-refractivity contribution >= 4 is 89.0 Å². The van der Waals surface area contributed by atoms with Crippen LogP contribution in [0.3, 0.4) is 0 Å². The molecule has 0 atom stereocenters. The van der Waals surface area contributed by atoms with Crippen molar-refractivity contribution in [2.24, 2.45) is 21.7 Å². The second-order valence-electron chi connectivity index (χ2n) is 22.6. The molecule has 0 radical (unpaired) electrons. The Morgan fingerprint density at radius 2 is 0.400 bits per heavy atom. The highest BCUT2D eigenvalue weighted by atomic mass is 16.8. The van der Waals surface area contributed by atoms with Gasteiger partial charge in [-0.3, -0.25) is 75.1 Å². The summed E-state index contributed by atoms with van der Waals surface area (Å²) in [4.78, 5) is 186. The van der Waals surface area contributed by atoms with E-state index >= 15 is 0 Å². The summed E-state index contributed by atoms with van der Waals surface area (Å²) in [6.45, 7) is -5.80. The molecule has 105 heavy (non-hydrogen) atoms. The standard InChI is InChI=1S/C63H56N6O36/c1-5-63(36-91-51(70)60(2,30-94-54(73)100-45-18-6-39(7-19-45)64(79)80)31-95-55(74)101-46-20-8-40(9-21-46)65(81)82,37-92-52(71)61(3,32-96-56(75)102-47-22-10-41(11-23-47)66(83)84)33-97-57(76)103-48-24-12-42(13-25-48)67(85)86)38-93-53(72)62(4,34-98-58(77)104-49-26-14-43(15-27-49)68(87)88)35-99-59(78)105-50-28-16-44(17-29-50)69(89)90/h6-29H,5,30-38H2,1-4H3. The predicted molar refractivity (Wildman–Crippen MR) is 340 cm³/mol.